The van der Waals surface area contributed by atoms with E-state index in [-0.39, 0.29) is 6.04 Å². The molecule has 0 bridgehead atoms. The van der Waals surface area contributed by atoms with Crippen LogP contribution < -0.4 is 5.32 Å². The lowest BCUT2D eigenvalue weighted by Crippen LogP contribution is -2.25. The zero-order valence-corrected chi connectivity index (χ0v) is 13.7. The molecule has 1 saturated carbocycles. The molecule has 1 nitrogen and oxygen atoms in total. The molecule has 118 valence electrons. The maximum Gasteiger partial charge on any atom is 0.163 e. The van der Waals surface area contributed by atoms with Crippen molar-refractivity contribution >= 4 is 11.8 Å². The molecular formula is C17H25F2NS. The van der Waals surface area contributed by atoms with E-state index < -0.39 is 11.6 Å². The highest BCUT2D eigenvalue weighted by Gasteiger charge is 2.21. The molecule has 2 rings (SSSR count). The minimum absolute atomic E-state index is 0.114. The Morgan fingerprint density at radius 3 is 2.57 bits per heavy atom. The van der Waals surface area contributed by atoms with Crippen molar-refractivity contribution in [1.29, 1.82) is 0 Å². The van der Waals surface area contributed by atoms with Crippen molar-refractivity contribution in [2.75, 3.05) is 12.3 Å². The zero-order chi connectivity index (χ0) is 15.2. The van der Waals surface area contributed by atoms with Crippen LogP contribution in [0.2, 0.25) is 0 Å². The maximum absolute atomic E-state index is 14.2. The lowest BCUT2D eigenvalue weighted by Gasteiger charge is -2.25. The van der Waals surface area contributed by atoms with E-state index in [1.165, 1.54) is 32.1 Å². The summed E-state index contributed by atoms with van der Waals surface area (Å²) >= 11 is 1.91. The molecule has 0 spiro atoms. The standard InChI is InChI=1S/C17H25F2NS/c1-3-20-15(11-21-13-7-5-4-6-8-13)14-10-9-12(2)16(18)17(14)19/h9-10,13,15,20H,3-8,11H2,1-2H3. The molecule has 0 amide bonds. The van der Waals surface area contributed by atoms with Gasteiger partial charge in [-0.25, -0.2) is 8.78 Å². The normalized spacial score (nSPS) is 17.9. The first kappa shape index (κ1) is 16.8. The highest BCUT2D eigenvalue weighted by Crippen LogP contribution is 2.32. The Hall–Kier alpha value is -0.610. The second-order valence-electron chi connectivity index (χ2n) is 5.80. The monoisotopic (exact) mass is 313 g/mol. The minimum atomic E-state index is -0.710. The third-order valence-electron chi connectivity index (χ3n) is 4.18. The van der Waals surface area contributed by atoms with Gasteiger partial charge >= 0.3 is 0 Å². The van der Waals surface area contributed by atoms with Crippen molar-refractivity contribution in [1.82, 2.24) is 5.32 Å². The van der Waals surface area contributed by atoms with Crippen LogP contribution in [0.4, 0.5) is 8.78 Å². The Balaban J connectivity index is 2.05. The molecule has 0 heterocycles. The van der Waals surface area contributed by atoms with Crippen molar-refractivity contribution in [3.8, 4) is 0 Å². The molecule has 1 aromatic rings. The second kappa shape index (κ2) is 8.14. The molecule has 0 saturated heterocycles. The van der Waals surface area contributed by atoms with Gasteiger partial charge in [-0.3, -0.25) is 0 Å². The first-order valence-electron chi connectivity index (χ1n) is 7.93. The predicted molar refractivity (Wildman–Crippen MR) is 86.8 cm³/mol. The van der Waals surface area contributed by atoms with Crippen LogP contribution in [0, 0.1) is 18.6 Å². The average Bonchev–Trinajstić information content (AvgIpc) is 2.51. The Morgan fingerprint density at radius 1 is 1.19 bits per heavy atom. The SMILES string of the molecule is CCNC(CSC1CCCCC1)c1ccc(C)c(F)c1F. The van der Waals surface area contributed by atoms with Gasteiger partial charge in [0, 0.05) is 22.6 Å². The molecule has 21 heavy (non-hydrogen) atoms. The predicted octanol–water partition coefficient (Wildman–Crippen LogP) is 4.99. The highest BCUT2D eigenvalue weighted by molar-refractivity contribution is 7.99. The van der Waals surface area contributed by atoms with E-state index in [9.17, 15) is 8.78 Å². The summed E-state index contributed by atoms with van der Waals surface area (Å²) < 4.78 is 28.0. The molecule has 4 heteroatoms. The number of hydrogen-bond donors (Lipinski definition) is 1. The van der Waals surface area contributed by atoms with Crippen LogP contribution in [-0.4, -0.2) is 17.5 Å². The lowest BCUT2D eigenvalue weighted by atomic mass is 10.0. The van der Waals surface area contributed by atoms with E-state index >= 15 is 0 Å². The van der Waals surface area contributed by atoms with Gasteiger partial charge in [-0.1, -0.05) is 38.3 Å². The molecule has 1 unspecified atom stereocenters. The first-order chi connectivity index (χ1) is 10.1. The van der Waals surface area contributed by atoms with Gasteiger partial charge in [0.15, 0.2) is 11.6 Å². The third-order valence-corrected chi connectivity index (χ3v) is 5.65. The van der Waals surface area contributed by atoms with Gasteiger partial charge in [0.05, 0.1) is 0 Å². The fourth-order valence-corrected chi connectivity index (χ4v) is 4.33. The van der Waals surface area contributed by atoms with E-state index in [0.717, 1.165) is 12.3 Å². The maximum atomic E-state index is 14.2. The summed E-state index contributed by atoms with van der Waals surface area (Å²) in [5, 5.41) is 3.98. The fraction of sp³-hybridized carbons (Fsp3) is 0.647. The highest BCUT2D eigenvalue weighted by atomic mass is 32.2. The molecule has 1 aromatic carbocycles. The van der Waals surface area contributed by atoms with E-state index in [4.69, 9.17) is 0 Å². The molecule has 1 aliphatic carbocycles. The van der Waals surface area contributed by atoms with Gasteiger partial charge < -0.3 is 5.32 Å². The number of hydrogen-bond acceptors (Lipinski definition) is 2. The average molecular weight is 313 g/mol. The number of thioether (sulfide) groups is 1. The summed E-state index contributed by atoms with van der Waals surface area (Å²) in [6, 6.07) is 3.28. The first-order valence-corrected chi connectivity index (χ1v) is 8.97. The summed E-state index contributed by atoms with van der Waals surface area (Å²) in [4.78, 5) is 0. The van der Waals surface area contributed by atoms with Crippen LogP contribution >= 0.6 is 11.8 Å². The summed E-state index contributed by atoms with van der Waals surface area (Å²) in [5.74, 6) is -0.596. The molecule has 1 fully saturated rings. The number of benzene rings is 1. The minimum Gasteiger partial charge on any atom is -0.309 e. The van der Waals surface area contributed by atoms with E-state index in [1.807, 2.05) is 18.7 Å². The molecule has 0 aromatic heterocycles. The van der Waals surface area contributed by atoms with Crippen molar-refractivity contribution in [2.24, 2.45) is 0 Å². The van der Waals surface area contributed by atoms with Gasteiger partial charge in [-0.15, -0.1) is 0 Å². The zero-order valence-electron chi connectivity index (χ0n) is 12.9. The fourth-order valence-electron chi connectivity index (χ4n) is 2.90. The number of rotatable bonds is 6. The van der Waals surface area contributed by atoms with Crippen molar-refractivity contribution in [3.05, 3.63) is 34.9 Å². The Morgan fingerprint density at radius 2 is 1.90 bits per heavy atom. The van der Waals surface area contributed by atoms with Crippen LogP contribution in [0.5, 0.6) is 0 Å². The molecule has 1 N–H and O–H groups in total. The number of nitrogens with one attached hydrogen (secondary N) is 1. The second-order valence-corrected chi connectivity index (χ2v) is 7.14. The molecule has 0 radical (unpaired) electrons. The third kappa shape index (κ3) is 4.43. The number of halogens is 2. The van der Waals surface area contributed by atoms with Crippen LogP contribution in [0.15, 0.2) is 12.1 Å². The Kier molecular flexibility index (Phi) is 6.49. The smallest absolute Gasteiger partial charge is 0.163 e. The molecule has 1 aliphatic rings. The molecule has 1 atom stereocenters. The Labute approximate surface area is 130 Å². The van der Waals surface area contributed by atoms with E-state index in [2.05, 4.69) is 5.32 Å². The van der Waals surface area contributed by atoms with E-state index in [0.29, 0.717) is 16.4 Å². The quantitative estimate of drug-likeness (QED) is 0.794. The summed E-state index contributed by atoms with van der Waals surface area (Å²) in [7, 11) is 0. The van der Waals surface area contributed by atoms with Crippen molar-refractivity contribution < 1.29 is 8.78 Å². The van der Waals surface area contributed by atoms with Gasteiger partial charge in [0.1, 0.15) is 0 Å². The topological polar surface area (TPSA) is 12.0 Å². The van der Waals surface area contributed by atoms with Crippen LogP contribution in [0.1, 0.15) is 56.2 Å². The van der Waals surface area contributed by atoms with E-state index in [1.54, 1.807) is 19.1 Å². The summed E-state index contributed by atoms with van der Waals surface area (Å²) in [6.45, 7) is 4.35. The largest absolute Gasteiger partial charge is 0.309 e. The van der Waals surface area contributed by atoms with Gasteiger partial charge in [0.25, 0.3) is 0 Å². The molecule has 0 aliphatic heterocycles. The van der Waals surface area contributed by atoms with Crippen molar-refractivity contribution in [3.63, 3.8) is 0 Å². The van der Waals surface area contributed by atoms with Gasteiger partial charge in [-0.05, 0) is 31.9 Å². The number of aryl methyl sites for hydroxylation is 1. The van der Waals surface area contributed by atoms with Crippen LogP contribution in [0.25, 0.3) is 0 Å². The van der Waals surface area contributed by atoms with Crippen LogP contribution in [0.3, 0.4) is 0 Å². The van der Waals surface area contributed by atoms with Crippen LogP contribution in [-0.2, 0) is 0 Å². The molecular weight excluding hydrogens is 288 g/mol. The lowest BCUT2D eigenvalue weighted by molar-refractivity contribution is 0.473. The van der Waals surface area contributed by atoms with Gasteiger partial charge in [0.2, 0.25) is 0 Å². The van der Waals surface area contributed by atoms with Gasteiger partial charge in [-0.2, -0.15) is 11.8 Å². The summed E-state index contributed by atoms with van der Waals surface area (Å²) in [6.07, 6.45) is 6.46. The Bertz CT molecular complexity index is 458. The summed E-state index contributed by atoms with van der Waals surface area (Å²) in [5.41, 5.74) is 0.828. The van der Waals surface area contributed by atoms with Crippen molar-refractivity contribution in [2.45, 2.75) is 57.2 Å².